The first-order valence-electron chi connectivity index (χ1n) is 9.40. The van der Waals surface area contributed by atoms with Crippen LogP contribution in [0.15, 0.2) is 65.1 Å². The summed E-state index contributed by atoms with van der Waals surface area (Å²) in [6.07, 6.45) is 1.42. The van der Waals surface area contributed by atoms with Gasteiger partial charge in [-0.25, -0.2) is 9.07 Å². The van der Waals surface area contributed by atoms with Gasteiger partial charge in [-0.2, -0.15) is 10.4 Å². The van der Waals surface area contributed by atoms with E-state index in [1.807, 2.05) is 36.4 Å². The molecule has 0 atom stereocenters. The van der Waals surface area contributed by atoms with E-state index in [-0.39, 0.29) is 23.0 Å². The van der Waals surface area contributed by atoms with Gasteiger partial charge in [-0.3, -0.25) is 4.79 Å². The predicted octanol–water partition coefficient (Wildman–Crippen LogP) is 4.08. The minimum atomic E-state index is -0.291. The Morgan fingerprint density at radius 2 is 1.94 bits per heavy atom. The fourth-order valence-electron chi connectivity index (χ4n) is 2.73. The highest BCUT2D eigenvalue weighted by Gasteiger charge is 2.16. The summed E-state index contributed by atoms with van der Waals surface area (Å²) in [6.45, 7) is 0.487. The summed E-state index contributed by atoms with van der Waals surface area (Å²) in [6, 6.07) is 17.5. The molecule has 0 bridgehead atoms. The SMILES string of the molecule is N#Cc1cnn(-c2ccccc2)c1NC(=O)CSc1nnc(NCc2ccc(F)cc2)s1. The number of nitrogens with one attached hydrogen (secondary N) is 2. The van der Waals surface area contributed by atoms with Crippen molar-refractivity contribution in [3.63, 3.8) is 0 Å². The first kappa shape index (κ1) is 21.5. The number of rotatable bonds is 8. The molecule has 0 radical (unpaired) electrons. The second kappa shape index (κ2) is 10.0. The number of nitriles is 1. The Kier molecular flexibility index (Phi) is 6.74. The van der Waals surface area contributed by atoms with Crippen LogP contribution in [0.2, 0.25) is 0 Å². The molecule has 0 spiro atoms. The van der Waals surface area contributed by atoms with Crippen molar-refractivity contribution in [2.75, 3.05) is 16.4 Å². The van der Waals surface area contributed by atoms with Crippen molar-refractivity contribution >= 4 is 40.0 Å². The molecule has 11 heteroatoms. The molecule has 0 aliphatic heterocycles. The van der Waals surface area contributed by atoms with Crippen LogP contribution in [0.1, 0.15) is 11.1 Å². The number of halogens is 1. The van der Waals surface area contributed by atoms with Crippen molar-refractivity contribution in [1.29, 1.82) is 5.26 Å². The van der Waals surface area contributed by atoms with Gasteiger partial charge in [0.1, 0.15) is 17.4 Å². The number of hydrogen-bond donors (Lipinski definition) is 2. The third-order valence-corrected chi connectivity index (χ3v) is 6.25. The third-order valence-electron chi connectivity index (χ3n) is 4.24. The molecule has 2 heterocycles. The Morgan fingerprint density at radius 3 is 2.69 bits per heavy atom. The van der Waals surface area contributed by atoms with Crippen molar-refractivity contribution < 1.29 is 9.18 Å². The molecule has 0 saturated heterocycles. The minimum absolute atomic E-state index is 0.0947. The fourth-order valence-corrected chi connectivity index (χ4v) is 4.28. The van der Waals surface area contributed by atoms with E-state index in [0.29, 0.717) is 21.8 Å². The van der Waals surface area contributed by atoms with Crippen LogP contribution in [0.5, 0.6) is 0 Å². The number of carbonyl (C=O) groups excluding carboxylic acids is 1. The molecule has 2 N–H and O–H groups in total. The Balaban J connectivity index is 1.34. The third kappa shape index (κ3) is 5.29. The van der Waals surface area contributed by atoms with Gasteiger partial charge in [0, 0.05) is 6.54 Å². The Bertz CT molecular complexity index is 1250. The number of carbonyl (C=O) groups is 1. The van der Waals surface area contributed by atoms with E-state index in [1.165, 1.54) is 46.1 Å². The zero-order valence-corrected chi connectivity index (χ0v) is 18.2. The van der Waals surface area contributed by atoms with E-state index < -0.39 is 0 Å². The standard InChI is InChI=1S/C21H16FN7OS2/c22-16-8-6-14(7-9-16)11-24-20-27-28-21(32-20)31-13-18(30)26-19-15(10-23)12-25-29(19)17-4-2-1-3-5-17/h1-9,12H,11,13H2,(H,24,27)(H,26,30). The average Bonchev–Trinajstić information content (AvgIpc) is 3.44. The fraction of sp³-hybridized carbons (Fsp3) is 0.0952. The number of nitrogens with zero attached hydrogens (tertiary/aromatic N) is 5. The average molecular weight is 466 g/mol. The van der Waals surface area contributed by atoms with Crippen molar-refractivity contribution in [3.05, 3.63) is 77.7 Å². The second-order valence-corrected chi connectivity index (χ2v) is 8.66. The van der Waals surface area contributed by atoms with Crippen LogP contribution in [0.4, 0.5) is 15.3 Å². The van der Waals surface area contributed by atoms with Crippen LogP contribution >= 0.6 is 23.1 Å². The van der Waals surface area contributed by atoms with Crippen molar-refractivity contribution in [1.82, 2.24) is 20.0 Å². The summed E-state index contributed by atoms with van der Waals surface area (Å²) in [7, 11) is 0. The molecule has 0 aliphatic carbocycles. The smallest absolute Gasteiger partial charge is 0.236 e. The molecule has 32 heavy (non-hydrogen) atoms. The van der Waals surface area contributed by atoms with Crippen LogP contribution < -0.4 is 10.6 Å². The predicted molar refractivity (Wildman–Crippen MR) is 121 cm³/mol. The highest BCUT2D eigenvalue weighted by Crippen LogP contribution is 2.26. The molecule has 0 unspecified atom stereocenters. The largest absolute Gasteiger partial charge is 0.356 e. The van der Waals surface area contributed by atoms with Crippen molar-refractivity contribution in [2.24, 2.45) is 0 Å². The molecular weight excluding hydrogens is 449 g/mol. The molecule has 2 aromatic heterocycles. The van der Waals surface area contributed by atoms with Crippen LogP contribution in [0, 0.1) is 17.1 Å². The van der Waals surface area contributed by atoms with Gasteiger partial charge in [0.25, 0.3) is 0 Å². The summed E-state index contributed by atoms with van der Waals surface area (Å²) < 4.78 is 15.1. The van der Waals surface area contributed by atoms with Gasteiger partial charge in [0.2, 0.25) is 11.0 Å². The van der Waals surface area contributed by atoms with E-state index in [1.54, 1.807) is 12.1 Å². The number of aromatic nitrogens is 4. The van der Waals surface area contributed by atoms with Crippen molar-refractivity contribution in [3.8, 4) is 11.8 Å². The maximum absolute atomic E-state index is 13.0. The lowest BCUT2D eigenvalue weighted by atomic mass is 10.2. The highest BCUT2D eigenvalue weighted by molar-refractivity contribution is 8.01. The van der Waals surface area contributed by atoms with Crippen molar-refractivity contribution in [2.45, 2.75) is 10.9 Å². The van der Waals surface area contributed by atoms with Gasteiger partial charge in [-0.1, -0.05) is 53.4 Å². The normalized spacial score (nSPS) is 10.5. The lowest BCUT2D eigenvalue weighted by Crippen LogP contribution is -2.17. The molecule has 4 rings (SSSR count). The molecule has 0 aliphatic rings. The molecule has 2 aromatic carbocycles. The summed E-state index contributed by atoms with van der Waals surface area (Å²) >= 11 is 2.56. The van der Waals surface area contributed by atoms with Gasteiger partial charge in [-0.05, 0) is 29.8 Å². The van der Waals surface area contributed by atoms with Gasteiger partial charge in [0.15, 0.2) is 10.2 Å². The molecular formula is C21H16FN7OS2. The molecule has 8 nitrogen and oxygen atoms in total. The topological polar surface area (TPSA) is 109 Å². The van der Waals surface area contributed by atoms with E-state index in [4.69, 9.17) is 0 Å². The Labute approximate surface area is 191 Å². The van der Waals surface area contributed by atoms with Gasteiger partial charge in [-0.15, -0.1) is 10.2 Å². The maximum Gasteiger partial charge on any atom is 0.236 e. The van der Waals surface area contributed by atoms with Crippen LogP contribution in [0.25, 0.3) is 5.69 Å². The first-order chi connectivity index (χ1) is 15.6. The van der Waals surface area contributed by atoms with Gasteiger partial charge < -0.3 is 10.6 Å². The number of thioether (sulfide) groups is 1. The van der Waals surface area contributed by atoms with Crippen LogP contribution in [0.3, 0.4) is 0 Å². The van der Waals surface area contributed by atoms with E-state index in [0.717, 1.165) is 11.3 Å². The Hall–Kier alpha value is -3.75. The zero-order valence-electron chi connectivity index (χ0n) is 16.5. The molecule has 0 fully saturated rings. The first-order valence-corrected chi connectivity index (χ1v) is 11.2. The molecule has 4 aromatic rings. The number of anilines is 2. The van der Waals surface area contributed by atoms with Gasteiger partial charge >= 0.3 is 0 Å². The zero-order chi connectivity index (χ0) is 22.3. The molecule has 1 amide bonds. The summed E-state index contributed by atoms with van der Waals surface area (Å²) in [5.41, 5.74) is 1.92. The van der Waals surface area contributed by atoms with Crippen LogP contribution in [-0.4, -0.2) is 31.6 Å². The van der Waals surface area contributed by atoms with Crippen LogP contribution in [-0.2, 0) is 11.3 Å². The highest BCUT2D eigenvalue weighted by atomic mass is 32.2. The minimum Gasteiger partial charge on any atom is -0.356 e. The summed E-state index contributed by atoms with van der Waals surface area (Å²) in [5.74, 6) is -0.156. The molecule has 0 saturated carbocycles. The van der Waals surface area contributed by atoms with Gasteiger partial charge in [0.05, 0.1) is 17.6 Å². The number of amides is 1. The monoisotopic (exact) mass is 465 g/mol. The quantitative estimate of drug-likeness (QED) is 0.378. The second-order valence-electron chi connectivity index (χ2n) is 6.46. The summed E-state index contributed by atoms with van der Waals surface area (Å²) in [4.78, 5) is 12.5. The number of hydrogen-bond acceptors (Lipinski definition) is 8. The number of para-hydroxylation sites is 1. The van der Waals surface area contributed by atoms with E-state index >= 15 is 0 Å². The lowest BCUT2D eigenvalue weighted by molar-refractivity contribution is -0.113. The maximum atomic E-state index is 13.0. The molecule has 160 valence electrons. The van der Waals surface area contributed by atoms with E-state index in [9.17, 15) is 14.4 Å². The van der Waals surface area contributed by atoms with E-state index in [2.05, 4.69) is 25.9 Å². The summed E-state index contributed by atoms with van der Waals surface area (Å²) in [5, 5.41) is 28.2. The lowest BCUT2D eigenvalue weighted by Gasteiger charge is -2.09. The Morgan fingerprint density at radius 1 is 1.16 bits per heavy atom. The number of benzene rings is 2.